The summed E-state index contributed by atoms with van der Waals surface area (Å²) in [4.78, 5) is 16.9. The fourth-order valence-electron chi connectivity index (χ4n) is 6.43. The van der Waals surface area contributed by atoms with Crippen molar-refractivity contribution in [1.29, 1.82) is 0 Å². The molecule has 3 fully saturated rings. The number of rotatable bonds is 4. The maximum Gasteiger partial charge on any atom is 0.418 e. The number of fused-ring (bicyclic) bond motifs is 2. The lowest BCUT2D eigenvalue weighted by Gasteiger charge is -2.31. The summed E-state index contributed by atoms with van der Waals surface area (Å²) < 4.78 is 84.7. The Kier molecular flexibility index (Phi) is 5.57. The maximum absolute atomic E-state index is 16.3. The molecule has 2 aromatic heterocycles. The van der Waals surface area contributed by atoms with Gasteiger partial charge in [0.15, 0.2) is 5.82 Å². The fourth-order valence-corrected chi connectivity index (χ4v) is 6.77. The van der Waals surface area contributed by atoms with E-state index in [-0.39, 0.29) is 53.1 Å². The van der Waals surface area contributed by atoms with Crippen molar-refractivity contribution in [2.24, 2.45) is 0 Å². The van der Waals surface area contributed by atoms with E-state index in [0.29, 0.717) is 19.4 Å². The van der Waals surface area contributed by atoms with E-state index in [0.717, 1.165) is 31.5 Å². The van der Waals surface area contributed by atoms with Gasteiger partial charge in [-0.2, -0.15) is 23.1 Å². The highest BCUT2D eigenvalue weighted by Gasteiger charge is 2.50. The van der Waals surface area contributed by atoms with E-state index in [2.05, 4.69) is 19.9 Å². The van der Waals surface area contributed by atoms with Gasteiger partial charge < -0.3 is 20.1 Å². The monoisotopic (exact) mass is 582 g/mol. The Morgan fingerprint density at radius 3 is 2.83 bits per heavy atom. The molecule has 0 bridgehead atoms. The van der Waals surface area contributed by atoms with Gasteiger partial charge in [0.25, 0.3) is 0 Å². The summed E-state index contributed by atoms with van der Waals surface area (Å²) in [5, 5.41) is -0.565. The number of hydrogen-bond acceptors (Lipinski definition) is 8. The molecule has 1 saturated carbocycles. The summed E-state index contributed by atoms with van der Waals surface area (Å²) in [6, 6.07) is 1.67. The molecular formula is C26H24ClF5N6O2. The van der Waals surface area contributed by atoms with Crippen molar-refractivity contribution >= 4 is 34.0 Å². The maximum atomic E-state index is 16.3. The molecule has 2 unspecified atom stereocenters. The summed E-state index contributed by atoms with van der Waals surface area (Å²) in [6.45, 7) is 1.18. The van der Waals surface area contributed by atoms with Gasteiger partial charge in [0.05, 0.1) is 22.2 Å². The Morgan fingerprint density at radius 1 is 1.25 bits per heavy atom. The molecule has 0 radical (unpaired) electrons. The molecule has 8 nitrogen and oxygen atoms in total. The van der Waals surface area contributed by atoms with E-state index in [4.69, 9.17) is 26.8 Å². The van der Waals surface area contributed by atoms with Crippen molar-refractivity contribution in [3.05, 3.63) is 28.5 Å². The Hall–Kier alpha value is -3.19. The quantitative estimate of drug-likeness (QED) is 0.339. The van der Waals surface area contributed by atoms with Gasteiger partial charge in [-0.3, -0.25) is 4.90 Å². The fraction of sp³-hybridized carbons (Fsp3) is 0.500. The van der Waals surface area contributed by atoms with E-state index in [1.165, 1.54) is 0 Å². The summed E-state index contributed by atoms with van der Waals surface area (Å²) >= 11 is 5.94. The first kappa shape index (κ1) is 25.8. The summed E-state index contributed by atoms with van der Waals surface area (Å²) in [5.74, 6) is -0.930. The van der Waals surface area contributed by atoms with Gasteiger partial charge >= 0.3 is 12.2 Å². The lowest BCUT2D eigenvalue weighted by atomic mass is 9.95. The first-order chi connectivity index (χ1) is 18.9. The SMILES string of the molecule is CN1c2nc(OC[C@@]34CCCN3C[C@H](F)C4)nc3c(F)c(-c4cc(N)cc(Cl)c4C(F)(F)F)nc(c23)OC2CC21. The number of nitrogen functional groups attached to an aromatic ring is 1. The molecule has 5 heterocycles. The van der Waals surface area contributed by atoms with E-state index >= 15 is 4.39 Å². The lowest BCUT2D eigenvalue weighted by Crippen LogP contribution is -2.43. The largest absolute Gasteiger partial charge is 0.471 e. The van der Waals surface area contributed by atoms with Gasteiger partial charge in [-0.25, -0.2) is 13.8 Å². The summed E-state index contributed by atoms with van der Waals surface area (Å²) in [6.07, 6.45) is -3.62. The Labute approximate surface area is 230 Å². The third-order valence-electron chi connectivity index (χ3n) is 8.39. The molecule has 3 aliphatic heterocycles. The van der Waals surface area contributed by atoms with Crippen molar-refractivity contribution < 1.29 is 31.4 Å². The summed E-state index contributed by atoms with van der Waals surface area (Å²) in [5.41, 5.74) is 2.33. The van der Waals surface area contributed by atoms with Crippen LogP contribution in [-0.2, 0) is 6.18 Å². The van der Waals surface area contributed by atoms with Crippen LogP contribution in [0.5, 0.6) is 11.9 Å². The highest BCUT2D eigenvalue weighted by atomic mass is 35.5. The number of pyridine rings is 1. The number of hydrogen-bond donors (Lipinski definition) is 1. The molecule has 0 spiro atoms. The molecule has 4 aliphatic rings. The van der Waals surface area contributed by atoms with Gasteiger partial charge in [0.2, 0.25) is 5.88 Å². The highest BCUT2D eigenvalue weighted by molar-refractivity contribution is 6.32. The van der Waals surface area contributed by atoms with Crippen molar-refractivity contribution in [3.8, 4) is 23.1 Å². The van der Waals surface area contributed by atoms with Crippen molar-refractivity contribution in [2.45, 2.75) is 55.7 Å². The molecule has 3 aromatic rings. The van der Waals surface area contributed by atoms with Gasteiger partial charge in [0, 0.05) is 37.7 Å². The zero-order valence-corrected chi connectivity index (χ0v) is 22.0. The molecule has 40 heavy (non-hydrogen) atoms. The van der Waals surface area contributed by atoms with E-state index in [1.807, 2.05) is 4.90 Å². The smallest absolute Gasteiger partial charge is 0.418 e. The van der Waals surface area contributed by atoms with Gasteiger partial charge in [-0.15, -0.1) is 0 Å². The molecule has 2 N–H and O–H groups in total. The molecule has 2 saturated heterocycles. The van der Waals surface area contributed by atoms with Crippen molar-refractivity contribution in [1.82, 2.24) is 19.9 Å². The molecule has 7 rings (SSSR count). The Balaban J connectivity index is 1.39. The topological polar surface area (TPSA) is 89.6 Å². The Bertz CT molecular complexity index is 1560. The van der Waals surface area contributed by atoms with Crippen LogP contribution in [0.1, 0.15) is 31.2 Å². The first-order valence-corrected chi connectivity index (χ1v) is 13.3. The van der Waals surface area contributed by atoms with Gasteiger partial charge in [0.1, 0.15) is 41.3 Å². The summed E-state index contributed by atoms with van der Waals surface area (Å²) in [7, 11) is 1.77. The average Bonchev–Trinajstić information content (AvgIpc) is 3.45. The molecular weight excluding hydrogens is 559 g/mol. The third-order valence-corrected chi connectivity index (χ3v) is 8.69. The van der Waals surface area contributed by atoms with Gasteiger partial charge in [-0.05, 0) is 31.5 Å². The molecule has 14 heteroatoms. The van der Waals surface area contributed by atoms with Crippen LogP contribution >= 0.6 is 11.6 Å². The normalized spacial score (nSPS) is 27.4. The molecule has 1 aliphatic carbocycles. The van der Waals surface area contributed by atoms with E-state index in [1.54, 1.807) is 7.05 Å². The third kappa shape index (κ3) is 3.92. The van der Waals surface area contributed by atoms with Crippen LogP contribution in [0.25, 0.3) is 22.2 Å². The van der Waals surface area contributed by atoms with Crippen LogP contribution in [0.15, 0.2) is 12.1 Å². The zero-order chi connectivity index (χ0) is 28.1. The van der Waals surface area contributed by atoms with Crippen LogP contribution in [-0.4, -0.2) is 70.5 Å². The second kappa shape index (κ2) is 8.65. The zero-order valence-electron chi connectivity index (χ0n) is 21.2. The molecule has 212 valence electrons. The van der Waals surface area contributed by atoms with Crippen molar-refractivity contribution in [2.75, 3.05) is 37.4 Å². The number of benzene rings is 1. The van der Waals surface area contributed by atoms with Crippen LogP contribution in [0.4, 0.5) is 33.5 Å². The minimum Gasteiger partial charge on any atom is -0.471 e. The number of alkyl halides is 4. The van der Waals surface area contributed by atoms with Crippen LogP contribution in [0, 0.1) is 5.82 Å². The van der Waals surface area contributed by atoms with Crippen LogP contribution < -0.4 is 20.1 Å². The number of nitrogens with two attached hydrogens (primary N) is 1. The number of nitrogens with zero attached hydrogens (tertiary/aromatic N) is 5. The molecule has 1 aromatic carbocycles. The van der Waals surface area contributed by atoms with Crippen molar-refractivity contribution in [3.63, 3.8) is 0 Å². The first-order valence-electron chi connectivity index (χ1n) is 12.9. The Morgan fingerprint density at radius 2 is 2.05 bits per heavy atom. The van der Waals surface area contributed by atoms with Crippen LogP contribution in [0.3, 0.4) is 0 Å². The van der Waals surface area contributed by atoms with Gasteiger partial charge in [-0.1, -0.05) is 11.6 Å². The predicted octanol–water partition coefficient (Wildman–Crippen LogP) is 5.01. The minimum atomic E-state index is -4.92. The molecule has 4 atom stereocenters. The minimum absolute atomic E-state index is 0.0897. The highest BCUT2D eigenvalue weighted by Crippen LogP contribution is 2.49. The second-order valence-corrected chi connectivity index (χ2v) is 11.4. The number of aromatic nitrogens is 3. The van der Waals surface area contributed by atoms with Crippen LogP contribution in [0.2, 0.25) is 5.02 Å². The average molecular weight is 583 g/mol. The van der Waals surface area contributed by atoms with E-state index in [9.17, 15) is 17.6 Å². The lowest BCUT2D eigenvalue weighted by molar-refractivity contribution is -0.137. The van der Waals surface area contributed by atoms with E-state index < -0.39 is 45.5 Å². The number of halogens is 6. The molecule has 0 amide bonds. The standard InChI is InChI=1S/C26H24ClF5N6O2/c1-37-15-7-16(15)40-23-17-21(19(29)20(34-23)13-5-12(33)6-14(27)18(13)26(30,31)32)35-24(36-22(17)37)39-10-25-3-2-4-38(25)9-11(28)8-25/h5-6,11,15-16H,2-4,7-10,33H2,1H3/t11-,15?,16?,25+/m1/s1. The number of likely N-dealkylation sites (N-methyl/N-ethyl adjacent to an activating group) is 1. The second-order valence-electron chi connectivity index (χ2n) is 11.0. The predicted molar refractivity (Wildman–Crippen MR) is 137 cm³/mol. The number of anilines is 2. The number of ether oxygens (including phenoxy) is 2.